The van der Waals surface area contributed by atoms with E-state index in [-0.39, 0.29) is 0 Å². The summed E-state index contributed by atoms with van der Waals surface area (Å²) in [4.78, 5) is 0. The molecule has 0 saturated heterocycles. The van der Waals surface area contributed by atoms with Gasteiger partial charge in [-0.3, -0.25) is 0 Å². The minimum absolute atomic E-state index is 0.625. The number of hydrogen-bond donors (Lipinski definition) is 2. The topological polar surface area (TPSA) is 41.5 Å². The molecule has 0 aliphatic heterocycles. The van der Waals surface area contributed by atoms with Gasteiger partial charge in [-0.05, 0) is 13.6 Å². The van der Waals surface area contributed by atoms with Crippen LogP contribution in [0.5, 0.6) is 0 Å². The third-order valence-electron chi connectivity index (χ3n) is 0.798. The molecule has 0 radical (unpaired) electrons. The summed E-state index contributed by atoms with van der Waals surface area (Å²) in [5.41, 5.74) is 0. The molecular formula is C4H12NO2P. The fraction of sp³-hybridized carbons (Fsp3) is 1.00. The fourth-order valence-corrected chi connectivity index (χ4v) is 0.472. The molecule has 8 heavy (non-hydrogen) atoms. The van der Waals surface area contributed by atoms with Gasteiger partial charge < -0.3 is 14.9 Å². The molecule has 0 amide bonds. The number of rotatable bonds is 4. The van der Waals surface area contributed by atoms with Gasteiger partial charge in [0.15, 0.2) is 6.29 Å². The maximum Gasteiger partial charge on any atom is 0.158 e. The highest BCUT2D eigenvalue weighted by atomic mass is 31.0. The Morgan fingerprint density at radius 3 is 2.88 bits per heavy atom. The molecule has 0 saturated carbocycles. The number of aliphatic hydroxyl groups excluding tert-OH is 1. The first-order chi connectivity index (χ1) is 3.81. The van der Waals surface area contributed by atoms with Crippen molar-refractivity contribution in [1.82, 2.24) is 5.32 Å². The van der Waals surface area contributed by atoms with Gasteiger partial charge in [0.05, 0.1) is 0 Å². The maximum atomic E-state index is 8.71. The molecule has 0 bridgehead atoms. The molecule has 2 N–H and O–H groups in total. The molecule has 4 heteroatoms. The van der Waals surface area contributed by atoms with Crippen LogP contribution in [0, 0.1) is 0 Å². The van der Waals surface area contributed by atoms with Gasteiger partial charge in [0.25, 0.3) is 0 Å². The van der Waals surface area contributed by atoms with E-state index in [1.165, 1.54) is 0 Å². The van der Waals surface area contributed by atoms with Crippen LogP contribution >= 0.6 is 9.47 Å². The summed E-state index contributed by atoms with van der Waals surface area (Å²) < 4.78 is 4.48. The number of aliphatic hydroxyl groups is 1. The van der Waals surface area contributed by atoms with Gasteiger partial charge in [0.2, 0.25) is 0 Å². The summed E-state index contributed by atoms with van der Waals surface area (Å²) in [5, 5.41) is 11.6. The predicted octanol–water partition coefficient (Wildman–Crippen LogP) is -0.279. The predicted molar refractivity (Wildman–Crippen MR) is 35.3 cm³/mol. The maximum absolute atomic E-state index is 8.71. The van der Waals surface area contributed by atoms with Crippen molar-refractivity contribution in [3.8, 4) is 0 Å². The van der Waals surface area contributed by atoms with Crippen molar-refractivity contribution in [3.05, 3.63) is 0 Å². The Kier molecular flexibility index (Phi) is 5.66. The molecule has 0 aliphatic carbocycles. The zero-order valence-electron chi connectivity index (χ0n) is 4.92. The number of hydrogen-bond acceptors (Lipinski definition) is 3. The SMILES string of the molecule is CNCCC(O)OP. The minimum atomic E-state index is -0.646. The molecule has 0 aliphatic rings. The molecule has 0 heterocycles. The Morgan fingerprint density at radius 1 is 1.88 bits per heavy atom. The lowest BCUT2D eigenvalue weighted by Gasteiger charge is -2.05. The first-order valence-electron chi connectivity index (χ1n) is 2.49. The fourth-order valence-electron chi connectivity index (χ4n) is 0.336. The summed E-state index contributed by atoms with van der Waals surface area (Å²) >= 11 is 0. The zero-order chi connectivity index (χ0) is 6.41. The second-order valence-electron chi connectivity index (χ2n) is 1.48. The summed E-state index contributed by atoms with van der Waals surface area (Å²) in [6.45, 7) is 0.773. The molecule has 0 spiro atoms. The van der Waals surface area contributed by atoms with Crippen molar-refractivity contribution in [2.24, 2.45) is 0 Å². The molecule has 3 nitrogen and oxygen atoms in total. The van der Waals surface area contributed by atoms with Crippen LogP contribution in [0.25, 0.3) is 0 Å². The zero-order valence-corrected chi connectivity index (χ0v) is 6.08. The monoisotopic (exact) mass is 137 g/mol. The molecule has 0 fully saturated rings. The Hall–Kier alpha value is 0.310. The van der Waals surface area contributed by atoms with E-state index < -0.39 is 6.29 Å². The van der Waals surface area contributed by atoms with Crippen molar-refractivity contribution in [2.45, 2.75) is 12.7 Å². The molecule has 0 aromatic rings. The second kappa shape index (κ2) is 5.45. The van der Waals surface area contributed by atoms with Crippen LogP contribution in [0.15, 0.2) is 0 Å². The minimum Gasteiger partial charge on any atom is -0.368 e. The van der Waals surface area contributed by atoms with Crippen LogP contribution < -0.4 is 5.32 Å². The Bertz CT molecular complexity index is 53.3. The van der Waals surface area contributed by atoms with Crippen LogP contribution in [-0.2, 0) is 4.52 Å². The van der Waals surface area contributed by atoms with E-state index in [1.807, 2.05) is 16.5 Å². The van der Waals surface area contributed by atoms with Crippen LogP contribution in [0.4, 0.5) is 0 Å². The number of nitrogens with one attached hydrogen (secondary N) is 1. The Balaban J connectivity index is 2.86. The van der Waals surface area contributed by atoms with Gasteiger partial charge in [-0.1, -0.05) is 0 Å². The van der Waals surface area contributed by atoms with E-state index in [1.54, 1.807) is 0 Å². The van der Waals surface area contributed by atoms with E-state index >= 15 is 0 Å². The first kappa shape index (κ1) is 8.31. The second-order valence-corrected chi connectivity index (χ2v) is 1.76. The summed E-state index contributed by atoms with van der Waals surface area (Å²) in [6.07, 6.45) is -0.0209. The highest BCUT2D eigenvalue weighted by molar-refractivity contribution is 7.09. The Morgan fingerprint density at radius 2 is 2.50 bits per heavy atom. The van der Waals surface area contributed by atoms with Gasteiger partial charge in [0.1, 0.15) is 0 Å². The smallest absolute Gasteiger partial charge is 0.158 e. The van der Waals surface area contributed by atoms with Gasteiger partial charge in [-0.2, -0.15) is 0 Å². The van der Waals surface area contributed by atoms with E-state index in [0.29, 0.717) is 6.42 Å². The van der Waals surface area contributed by atoms with Crippen LogP contribution in [-0.4, -0.2) is 25.0 Å². The third-order valence-corrected chi connectivity index (χ3v) is 1.11. The molecule has 2 atom stereocenters. The van der Waals surface area contributed by atoms with Crippen molar-refractivity contribution >= 4 is 9.47 Å². The van der Waals surface area contributed by atoms with E-state index in [2.05, 4.69) is 9.84 Å². The molecule has 0 aromatic heterocycles. The lowest BCUT2D eigenvalue weighted by atomic mass is 10.4. The average molecular weight is 137 g/mol. The van der Waals surface area contributed by atoms with Gasteiger partial charge in [-0.25, -0.2) is 0 Å². The van der Waals surface area contributed by atoms with Crippen LogP contribution in [0.3, 0.4) is 0 Å². The standard InChI is InChI=1S/C4H12NO2P/c1-5-3-2-4(6)7-8/h4-6H,2-3,8H2,1H3. The van der Waals surface area contributed by atoms with Crippen molar-refractivity contribution in [2.75, 3.05) is 13.6 Å². The molecular weight excluding hydrogens is 125 g/mol. The molecule has 0 aromatic carbocycles. The van der Waals surface area contributed by atoms with E-state index in [9.17, 15) is 0 Å². The third kappa shape index (κ3) is 4.47. The van der Waals surface area contributed by atoms with Crippen molar-refractivity contribution in [1.29, 1.82) is 0 Å². The molecule has 0 rings (SSSR count). The lowest BCUT2D eigenvalue weighted by molar-refractivity contribution is -0.00768. The van der Waals surface area contributed by atoms with Crippen molar-refractivity contribution < 1.29 is 9.63 Å². The Labute approximate surface area is 51.7 Å². The lowest BCUT2D eigenvalue weighted by Crippen LogP contribution is -2.16. The molecule has 2 unspecified atom stereocenters. The van der Waals surface area contributed by atoms with Crippen LogP contribution in [0.2, 0.25) is 0 Å². The van der Waals surface area contributed by atoms with Crippen molar-refractivity contribution in [3.63, 3.8) is 0 Å². The first-order valence-corrected chi connectivity index (χ1v) is 2.96. The van der Waals surface area contributed by atoms with Crippen LogP contribution in [0.1, 0.15) is 6.42 Å². The summed E-state index contributed by atoms with van der Waals surface area (Å²) in [7, 11) is 3.84. The van der Waals surface area contributed by atoms with Gasteiger partial charge in [-0.15, -0.1) is 0 Å². The average Bonchev–Trinajstić information content (AvgIpc) is 1.83. The van der Waals surface area contributed by atoms with E-state index in [0.717, 1.165) is 6.54 Å². The largest absolute Gasteiger partial charge is 0.368 e. The van der Waals surface area contributed by atoms with Gasteiger partial charge >= 0.3 is 0 Å². The summed E-state index contributed by atoms with van der Waals surface area (Å²) in [5.74, 6) is 0. The summed E-state index contributed by atoms with van der Waals surface area (Å²) in [6, 6.07) is 0. The van der Waals surface area contributed by atoms with Gasteiger partial charge in [0, 0.05) is 15.9 Å². The highest BCUT2D eigenvalue weighted by Crippen LogP contribution is 1.96. The molecule has 50 valence electrons. The van der Waals surface area contributed by atoms with E-state index in [4.69, 9.17) is 5.11 Å². The quantitative estimate of drug-likeness (QED) is 0.413. The normalized spacial score (nSPS) is 13.9. The highest BCUT2D eigenvalue weighted by Gasteiger charge is 1.96.